The summed E-state index contributed by atoms with van der Waals surface area (Å²) < 4.78 is 0. The molecule has 2 heterocycles. The van der Waals surface area contributed by atoms with E-state index < -0.39 is 0 Å². The summed E-state index contributed by atoms with van der Waals surface area (Å²) in [7, 11) is 0. The van der Waals surface area contributed by atoms with Crippen molar-refractivity contribution in [1.29, 1.82) is 0 Å². The van der Waals surface area contributed by atoms with Gasteiger partial charge in [-0.05, 0) is 25.5 Å². The summed E-state index contributed by atoms with van der Waals surface area (Å²) in [5.41, 5.74) is 0. The highest BCUT2D eigenvalue weighted by molar-refractivity contribution is 4.96. The van der Waals surface area contributed by atoms with Gasteiger partial charge in [0.1, 0.15) is 5.82 Å². The predicted molar refractivity (Wildman–Crippen MR) is 46.6 cm³/mol. The largest absolute Gasteiger partial charge is 0.307 e. The van der Waals surface area contributed by atoms with Crippen LogP contribution in [0.3, 0.4) is 0 Å². The van der Waals surface area contributed by atoms with Crippen molar-refractivity contribution in [3.8, 4) is 0 Å². The summed E-state index contributed by atoms with van der Waals surface area (Å²) in [6, 6.07) is 2.24. The third-order valence-electron chi connectivity index (χ3n) is 2.21. The van der Waals surface area contributed by atoms with Gasteiger partial charge >= 0.3 is 0 Å². The molecule has 0 bridgehead atoms. The number of hydrogen-bond donors (Lipinski definition) is 1. The molecule has 0 aliphatic carbocycles. The van der Waals surface area contributed by atoms with Gasteiger partial charge in [-0.3, -0.25) is 0 Å². The number of nitrogens with one attached hydrogen (secondary N) is 1. The van der Waals surface area contributed by atoms with Crippen LogP contribution in [-0.2, 0) is 0 Å². The molecule has 1 aromatic rings. The fraction of sp³-hybridized carbons (Fsp3) is 0.556. The third-order valence-corrected chi connectivity index (χ3v) is 2.21. The minimum atomic E-state index is 0.389. The van der Waals surface area contributed by atoms with Gasteiger partial charge < -0.3 is 5.32 Å². The van der Waals surface area contributed by atoms with Crippen molar-refractivity contribution in [3.05, 3.63) is 24.3 Å². The molecule has 3 heteroatoms. The Labute approximate surface area is 72.2 Å². The average Bonchev–Trinajstić information content (AvgIpc) is 2.21. The summed E-state index contributed by atoms with van der Waals surface area (Å²) in [5, 5.41) is 3.41. The molecule has 3 nitrogen and oxygen atoms in total. The van der Waals surface area contributed by atoms with Crippen LogP contribution >= 0.6 is 0 Å². The zero-order chi connectivity index (χ0) is 8.23. The van der Waals surface area contributed by atoms with Crippen molar-refractivity contribution < 1.29 is 0 Å². The maximum Gasteiger partial charge on any atom is 0.145 e. The highest BCUT2D eigenvalue weighted by Crippen LogP contribution is 2.18. The van der Waals surface area contributed by atoms with Crippen LogP contribution in [0.5, 0.6) is 0 Å². The molecule has 1 aliphatic heterocycles. The SMILES string of the molecule is c1cnc([C@H]2CCCCN2)nc1. The first-order valence-electron chi connectivity index (χ1n) is 4.47. The van der Waals surface area contributed by atoms with Gasteiger partial charge in [-0.1, -0.05) is 6.42 Å². The summed E-state index contributed by atoms with van der Waals surface area (Å²) in [4.78, 5) is 8.46. The normalized spacial score (nSPS) is 23.8. The molecule has 2 rings (SSSR count). The molecule has 1 saturated heterocycles. The van der Waals surface area contributed by atoms with E-state index in [1.54, 1.807) is 12.4 Å². The molecule has 1 N–H and O–H groups in total. The van der Waals surface area contributed by atoms with E-state index >= 15 is 0 Å². The van der Waals surface area contributed by atoms with E-state index in [1.807, 2.05) is 6.07 Å². The molecule has 0 radical (unpaired) electrons. The molecule has 0 aromatic carbocycles. The monoisotopic (exact) mass is 163 g/mol. The van der Waals surface area contributed by atoms with Gasteiger partial charge in [-0.25, -0.2) is 9.97 Å². The average molecular weight is 163 g/mol. The second-order valence-electron chi connectivity index (χ2n) is 3.11. The molecule has 1 fully saturated rings. The van der Waals surface area contributed by atoms with Crippen LogP contribution in [0.1, 0.15) is 31.1 Å². The van der Waals surface area contributed by atoms with Gasteiger partial charge in [0.15, 0.2) is 0 Å². The molecule has 12 heavy (non-hydrogen) atoms. The first-order chi connectivity index (χ1) is 5.97. The van der Waals surface area contributed by atoms with Crippen molar-refractivity contribution in [2.75, 3.05) is 6.54 Å². The smallest absolute Gasteiger partial charge is 0.145 e. The Hall–Kier alpha value is -0.960. The molecular formula is C9H13N3. The summed E-state index contributed by atoms with van der Waals surface area (Å²) in [6.45, 7) is 1.10. The maximum atomic E-state index is 4.23. The number of piperidine rings is 1. The van der Waals surface area contributed by atoms with Gasteiger partial charge in [0.2, 0.25) is 0 Å². The molecule has 0 amide bonds. The van der Waals surface area contributed by atoms with E-state index in [-0.39, 0.29) is 0 Å². The number of aromatic nitrogens is 2. The Kier molecular flexibility index (Phi) is 2.32. The Bertz CT molecular complexity index is 229. The van der Waals surface area contributed by atoms with Crippen LogP contribution in [0.15, 0.2) is 18.5 Å². The van der Waals surface area contributed by atoms with E-state index in [0.29, 0.717) is 6.04 Å². The molecular weight excluding hydrogens is 150 g/mol. The van der Waals surface area contributed by atoms with E-state index in [4.69, 9.17) is 0 Å². The van der Waals surface area contributed by atoms with E-state index in [0.717, 1.165) is 12.4 Å². The lowest BCUT2D eigenvalue weighted by molar-refractivity contribution is 0.397. The van der Waals surface area contributed by atoms with Crippen molar-refractivity contribution in [1.82, 2.24) is 15.3 Å². The predicted octanol–water partition coefficient (Wildman–Crippen LogP) is 1.29. The fourth-order valence-electron chi connectivity index (χ4n) is 1.56. The van der Waals surface area contributed by atoms with Crippen LogP contribution in [0.2, 0.25) is 0 Å². The van der Waals surface area contributed by atoms with Crippen molar-refractivity contribution >= 4 is 0 Å². The third kappa shape index (κ3) is 1.61. The Morgan fingerprint density at radius 3 is 2.75 bits per heavy atom. The molecule has 1 aliphatic rings. The number of hydrogen-bond acceptors (Lipinski definition) is 3. The van der Waals surface area contributed by atoms with E-state index in [2.05, 4.69) is 15.3 Å². The topological polar surface area (TPSA) is 37.8 Å². The van der Waals surface area contributed by atoms with Crippen molar-refractivity contribution in [3.63, 3.8) is 0 Å². The highest BCUT2D eigenvalue weighted by atomic mass is 15.0. The number of nitrogens with zero attached hydrogens (tertiary/aromatic N) is 2. The zero-order valence-electron chi connectivity index (χ0n) is 7.03. The molecule has 0 unspecified atom stereocenters. The Morgan fingerprint density at radius 1 is 1.25 bits per heavy atom. The molecule has 0 spiro atoms. The second-order valence-corrected chi connectivity index (χ2v) is 3.11. The summed E-state index contributed by atoms with van der Waals surface area (Å²) >= 11 is 0. The van der Waals surface area contributed by atoms with Gasteiger partial charge in [0.05, 0.1) is 6.04 Å². The standard InChI is InChI=1S/C9H13N3/c1-2-5-10-8(4-1)9-11-6-3-7-12-9/h3,6-8,10H,1-2,4-5H2/t8-/m1/s1. The van der Waals surface area contributed by atoms with Gasteiger partial charge in [0, 0.05) is 12.4 Å². The molecule has 1 atom stereocenters. The summed E-state index contributed by atoms with van der Waals surface area (Å²) in [6.07, 6.45) is 7.35. The van der Waals surface area contributed by atoms with Crippen molar-refractivity contribution in [2.24, 2.45) is 0 Å². The van der Waals surface area contributed by atoms with Crippen LogP contribution < -0.4 is 5.32 Å². The molecule has 64 valence electrons. The van der Waals surface area contributed by atoms with E-state index in [1.165, 1.54) is 19.3 Å². The minimum Gasteiger partial charge on any atom is -0.307 e. The quantitative estimate of drug-likeness (QED) is 0.678. The lowest BCUT2D eigenvalue weighted by Crippen LogP contribution is -2.28. The van der Waals surface area contributed by atoms with Crippen molar-refractivity contribution in [2.45, 2.75) is 25.3 Å². The van der Waals surface area contributed by atoms with Gasteiger partial charge in [-0.15, -0.1) is 0 Å². The lowest BCUT2D eigenvalue weighted by Gasteiger charge is -2.21. The van der Waals surface area contributed by atoms with Crippen LogP contribution in [0.25, 0.3) is 0 Å². The zero-order valence-corrected chi connectivity index (χ0v) is 7.03. The van der Waals surface area contributed by atoms with Crippen LogP contribution in [0.4, 0.5) is 0 Å². The first kappa shape index (κ1) is 7.68. The lowest BCUT2D eigenvalue weighted by atomic mass is 10.0. The van der Waals surface area contributed by atoms with Gasteiger partial charge in [-0.2, -0.15) is 0 Å². The summed E-state index contributed by atoms with van der Waals surface area (Å²) in [5.74, 6) is 0.942. The number of rotatable bonds is 1. The van der Waals surface area contributed by atoms with E-state index in [9.17, 15) is 0 Å². The molecule has 1 aromatic heterocycles. The van der Waals surface area contributed by atoms with Crippen LogP contribution in [0, 0.1) is 0 Å². The first-order valence-corrected chi connectivity index (χ1v) is 4.47. The fourth-order valence-corrected chi connectivity index (χ4v) is 1.56. The van der Waals surface area contributed by atoms with Crippen LogP contribution in [-0.4, -0.2) is 16.5 Å². The Morgan fingerprint density at radius 2 is 2.08 bits per heavy atom. The Balaban J connectivity index is 2.08. The van der Waals surface area contributed by atoms with Gasteiger partial charge in [0.25, 0.3) is 0 Å². The highest BCUT2D eigenvalue weighted by Gasteiger charge is 2.15. The molecule has 0 saturated carbocycles. The maximum absolute atomic E-state index is 4.23. The minimum absolute atomic E-state index is 0.389. The second kappa shape index (κ2) is 3.63.